The molecule has 2 heteroatoms. The fourth-order valence-electron chi connectivity index (χ4n) is 3.27. The van der Waals surface area contributed by atoms with Crippen LogP contribution < -0.4 is 0 Å². The summed E-state index contributed by atoms with van der Waals surface area (Å²) < 4.78 is 14.5. The van der Waals surface area contributed by atoms with Crippen molar-refractivity contribution < 1.29 is 4.39 Å². The van der Waals surface area contributed by atoms with Crippen molar-refractivity contribution in [3.63, 3.8) is 0 Å². The SMILES string of the molecule is CCC(C)(c1ccc(-c2ccccc2)cc1-c1ccccn1)[C@@H](C)F. The minimum atomic E-state index is -0.942. The van der Waals surface area contributed by atoms with E-state index >= 15 is 0 Å². The molecule has 3 aromatic rings. The van der Waals surface area contributed by atoms with Crippen molar-refractivity contribution in [2.75, 3.05) is 0 Å². The molecule has 2 aromatic carbocycles. The van der Waals surface area contributed by atoms with Gasteiger partial charge in [0.2, 0.25) is 0 Å². The largest absolute Gasteiger partial charge is 0.256 e. The Hall–Kier alpha value is -2.48. The molecule has 2 atom stereocenters. The summed E-state index contributed by atoms with van der Waals surface area (Å²) in [5.74, 6) is 0. The molecular formula is C23H24FN. The molecule has 1 heterocycles. The van der Waals surface area contributed by atoms with Crippen LogP contribution in [0, 0.1) is 0 Å². The van der Waals surface area contributed by atoms with Crippen LogP contribution in [0.25, 0.3) is 22.4 Å². The van der Waals surface area contributed by atoms with Gasteiger partial charge < -0.3 is 0 Å². The number of halogens is 1. The molecule has 1 nitrogen and oxygen atoms in total. The fraction of sp³-hybridized carbons (Fsp3) is 0.261. The lowest BCUT2D eigenvalue weighted by atomic mass is 9.73. The average molecular weight is 333 g/mol. The van der Waals surface area contributed by atoms with Crippen molar-refractivity contribution in [2.45, 2.75) is 38.8 Å². The van der Waals surface area contributed by atoms with E-state index in [0.29, 0.717) is 0 Å². The molecule has 0 aliphatic heterocycles. The minimum Gasteiger partial charge on any atom is -0.256 e. The zero-order chi connectivity index (χ0) is 17.9. The van der Waals surface area contributed by atoms with E-state index in [4.69, 9.17) is 0 Å². The van der Waals surface area contributed by atoms with Crippen molar-refractivity contribution in [2.24, 2.45) is 0 Å². The molecule has 0 spiro atoms. The van der Waals surface area contributed by atoms with Gasteiger partial charge in [-0.1, -0.05) is 62.4 Å². The van der Waals surface area contributed by atoms with Crippen LogP contribution in [-0.4, -0.2) is 11.2 Å². The Kier molecular flexibility index (Phi) is 4.98. The molecule has 0 N–H and O–H groups in total. The number of rotatable bonds is 5. The first kappa shape index (κ1) is 17.3. The summed E-state index contributed by atoms with van der Waals surface area (Å²) in [4.78, 5) is 4.53. The minimum absolute atomic E-state index is 0.540. The Labute approximate surface area is 149 Å². The second-order valence-corrected chi connectivity index (χ2v) is 6.73. The Balaban J connectivity index is 2.22. The molecule has 1 unspecified atom stereocenters. The molecule has 0 bridgehead atoms. The van der Waals surface area contributed by atoms with E-state index in [9.17, 15) is 4.39 Å². The van der Waals surface area contributed by atoms with Crippen LogP contribution in [0.15, 0.2) is 72.9 Å². The van der Waals surface area contributed by atoms with Gasteiger partial charge >= 0.3 is 0 Å². The number of alkyl halides is 1. The molecule has 0 aliphatic rings. The molecule has 25 heavy (non-hydrogen) atoms. The smallest absolute Gasteiger partial charge is 0.107 e. The number of pyridine rings is 1. The van der Waals surface area contributed by atoms with Crippen molar-refractivity contribution in [1.29, 1.82) is 0 Å². The zero-order valence-electron chi connectivity index (χ0n) is 15.0. The first-order chi connectivity index (χ1) is 12.1. The van der Waals surface area contributed by atoms with Gasteiger partial charge in [0.1, 0.15) is 6.17 Å². The lowest BCUT2D eigenvalue weighted by molar-refractivity contribution is 0.214. The number of benzene rings is 2. The Morgan fingerprint density at radius 2 is 1.68 bits per heavy atom. The summed E-state index contributed by atoms with van der Waals surface area (Å²) in [5.41, 5.74) is 4.64. The highest BCUT2D eigenvalue weighted by Crippen LogP contribution is 2.40. The molecule has 0 radical (unpaired) electrons. The molecule has 3 rings (SSSR count). The van der Waals surface area contributed by atoms with Crippen LogP contribution in [0.4, 0.5) is 4.39 Å². The van der Waals surface area contributed by atoms with E-state index in [1.807, 2.05) is 50.2 Å². The van der Waals surface area contributed by atoms with Gasteiger partial charge in [0.25, 0.3) is 0 Å². The summed E-state index contributed by atoms with van der Waals surface area (Å²) >= 11 is 0. The average Bonchev–Trinajstić information content (AvgIpc) is 2.68. The molecule has 128 valence electrons. The van der Waals surface area contributed by atoms with Crippen molar-refractivity contribution >= 4 is 0 Å². The second-order valence-electron chi connectivity index (χ2n) is 6.73. The lowest BCUT2D eigenvalue weighted by Gasteiger charge is -2.33. The molecule has 1 aromatic heterocycles. The number of nitrogens with zero attached hydrogens (tertiary/aromatic N) is 1. The maximum atomic E-state index is 14.5. The van der Waals surface area contributed by atoms with Gasteiger partial charge in [0, 0.05) is 17.2 Å². The van der Waals surface area contributed by atoms with Gasteiger partial charge in [-0.05, 0) is 48.2 Å². The Bertz CT molecular complexity index is 827. The zero-order valence-corrected chi connectivity index (χ0v) is 15.0. The van der Waals surface area contributed by atoms with Crippen molar-refractivity contribution in [3.05, 3.63) is 78.5 Å². The van der Waals surface area contributed by atoms with Gasteiger partial charge in [0.05, 0.1) is 5.69 Å². The summed E-state index contributed by atoms with van der Waals surface area (Å²) in [6, 6.07) is 22.4. The molecule has 0 amide bonds. The van der Waals surface area contributed by atoms with Gasteiger partial charge in [0.15, 0.2) is 0 Å². The normalized spacial score (nSPS) is 14.7. The van der Waals surface area contributed by atoms with E-state index in [-0.39, 0.29) is 0 Å². The van der Waals surface area contributed by atoms with Gasteiger partial charge in [-0.15, -0.1) is 0 Å². The van der Waals surface area contributed by atoms with Crippen LogP contribution >= 0.6 is 0 Å². The van der Waals surface area contributed by atoms with E-state index in [1.54, 1.807) is 13.1 Å². The first-order valence-electron chi connectivity index (χ1n) is 8.81. The number of hydrogen-bond acceptors (Lipinski definition) is 1. The quantitative estimate of drug-likeness (QED) is 0.523. The first-order valence-corrected chi connectivity index (χ1v) is 8.81. The van der Waals surface area contributed by atoms with E-state index in [0.717, 1.165) is 34.4 Å². The fourth-order valence-corrected chi connectivity index (χ4v) is 3.27. The third-order valence-corrected chi connectivity index (χ3v) is 5.30. The highest BCUT2D eigenvalue weighted by atomic mass is 19.1. The maximum Gasteiger partial charge on any atom is 0.107 e. The summed E-state index contributed by atoms with van der Waals surface area (Å²) in [6.07, 6.45) is 1.58. The van der Waals surface area contributed by atoms with E-state index in [2.05, 4.69) is 35.3 Å². The van der Waals surface area contributed by atoms with Crippen molar-refractivity contribution in [1.82, 2.24) is 4.98 Å². The third kappa shape index (κ3) is 3.34. The molecule has 0 aliphatic carbocycles. The summed E-state index contributed by atoms with van der Waals surface area (Å²) in [6.45, 7) is 5.70. The van der Waals surface area contributed by atoms with Crippen LogP contribution in [0.2, 0.25) is 0 Å². The standard InChI is InChI=1S/C23H24FN/c1-4-23(3,17(2)24)21-14-13-19(18-10-6-5-7-11-18)16-20(21)22-12-8-9-15-25-22/h5-17H,4H2,1-3H3/t17-,23?/m1/s1. The highest BCUT2D eigenvalue weighted by Gasteiger charge is 2.34. The van der Waals surface area contributed by atoms with Crippen LogP contribution in [-0.2, 0) is 5.41 Å². The second kappa shape index (κ2) is 7.18. The summed E-state index contributed by atoms with van der Waals surface area (Å²) in [7, 11) is 0. The number of aromatic nitrogens is 1. The Morgan fingerprint density at radius 3 is 2.28 bits per heavy atom. The summed E-state index contributed by atoms with van der Waals surface area (Å²) in [5, 5.41) is 0. The molecule has 0 saturated heterocycles. The van der Waals surface area contributed by atoms with E-state index in [1.165, 1.54) is 0 Å². The topological polar surface area (TPSA) is 12.9 Å². The van der Waals surface area contributed by atoms with Gasteiger partial charge in [-0.2, -0.15) is 0 Å². The lowest BCUT2D eigenvalue weighted by Crippen LogP contribution is -2.31. The molecular weight excluding hydrogens is 309 g/mol. The van der Waals surface area contributed by atoms with Crippen LogP contribution in [0.5, 0.6) is 0 Å². The van der Waals surface area contributed by atoms with Gasteiger partial charge in [-0.3, -0.25) is 4.98 Å². The van der Waals surface area contributed by atoms with Gasteiger partial charge in [-0.25, -0.2) is 4.39 Å². The predicted molar refractivity (Wildman–Crippen MR) is 103 cm³/mol. The van der Waals surface area contributed by atoms with Crippen molar-refractivity contribution in [3.8, 4) is 22.4 Å². The van der Waals surface area contributed by atoms with E-state index < -0.39 is 11.6 Å². The predicted octanol–water partition coefficient (Wildman–Crippen LogP) is 6.44. The maximum absolute atomic E-state index is 14.5. The molecule has 0 fully saturated rings. The Morgan fingerprint density at radius 1 is 0.960 bits per heavy atom. The van der Waals surface area contributed by atoms with Crippen LogP contribution in [0.1, 0.15) is 32.8 Å². The number of hydrogen-bond donors (Lipinski definition) is 0. The monoisotopic (exact) mass is 333 g/mol. The highest BCUT2D eigenvalue weighted by molar-refractivity contribution is 5.75. The molecule has 0 saturated carbocycles. The van der Waals surface area contributed by atoms with Crippen LogP contribution in [0.3, 0.4) is 0 Å². The third-order valence-electron chi connectivity index (χ3n) is 5.30.